The van der Waals surface area contributed by atoms with E-state index in [0.29, 0.717) is 5.92 Å². The summed E-state index contributed by atoms with van der Waals surface area (Å²) in [7, 11) is 1.79. The van der Waals surface area contributed by atoms with Crippen LogP contribution in [0.25, 0.3) is 0 Å². The Labute approximate surface area is 116 Å². The van der Waals surface area contributed by atoms with Gasteiger partial charge in [0.05, 0.1) is 5.60 Å². The third-order valence-electron chi connectivity index (χ3n) is 4.88. The van der Waals surface area contributed by atoms with Crippen LogP contribution in [0.1, 0.15) is 56.7 Å². The quantitative estimate of drug-likeness (QED) is 0.887. The van der Waals surface area contributed by atoms with Crippen LogP contribution in [0.4, 0.5) is 0 Å². The lowest BCUT2D eigenvalue weighted by atomic mass is 9.74. The van der Waals surface area contributed by atoms with E-state index in [2.05, 4.69) is 24.9 Å². The molecule has 1 aromatic rings. The van der Waals surface area contributed by atoms with Gasteiger partial charge in [-0.15, -0.1) is 0 Å². The molecule has 19 heavy (non-hydrogen) atoms. The van der Waals surface area contributed by atoms with Gasteiger partial charge >= 0.3 is 0 Å². The first-order chi connectivity index (χ1) is 9.18. The predicted molar refractivity (Wildman–Crippen MR) is 78.2 cm³/mol. The van der Waals surface area contributed by atoms with Crippen molar-refractivity contribution in [1.29, 1.82) is 0 Å². The molecule has 1 heterocycles. The first kappa shape index (κ1) is 14.5. The van der Waals surface area contributed by atoms with E-state index in [1.807, 2.05) is 12.3 Å². The zero-order valence-electron chi connectivity index (χ0n) is 12.4. The Hall–Kier alpha value is -0.930. The van der Waals surface area contributed by atoms with E-state index in [4.69, 9.17) is 10.5 Å². The SMILES string of the molecule is CCC(CC)(OC)C(N)C1CCCc2cccnc21. The highest BCUT2D eigenvalue weighted by Gasteiger charge is 2.40. The molecule has 0 amide bonds. The van der Waals surface area contributed by atoms with Gasteiger partial charge in [-0.05, 0) is 43.7 Å². The Morgan fingerprint density at radius 1 is 1.47 bits per heavy atom. The summed E-state index contributed by atoms with van der Waals surface area (Å²) >= 11 is 0. The minimum absolute atomic E-state index is 0.0152. The van der Waals surface area contributed by atoms with Crippen molar-refractivity contribution in [2.75, 3.05) is 7.11 Å². The average Bonchev–Trinajstić information content (AvgIpc) is 2.49. The molecule has 1 aromatic heterocycles. The van der Waals surface area contributed by atoms with Gasteiger partial charge in [-0.2, -0.15) is 0 Å². The number of hydrogen-bond acceptors (Lipinski definition) is 3. The Morgan fingerprint density at radius 2 is 2.21 bits per heavy atom. The van der Waals surface area contributed by atoms with Crippen molar-refractivity contribution in [3.8, 4) is 0 Å². The molecule has 0 saturated carbocycles. The second kappa shape index (κ2) is 6.02. The number of fused-ring (bicyclic) bond motifs is 1. The molecule has 0 radical (unpaired) electrons. The van der Waals surface area contributed by atoms with Gasteiger partial charge in [0, 0.05) is 31.0 Å². The summed E-state index contributed by atoms with van der Waals surface area (Å²) in [4.78, 5) is 4.60. The number of hydrogen-bond donors (Lipinski definition) is 1. The molecule has 0 aromatic carbocycles. The van der Waals surface area contributed by atoms with Gasteiger partial charge < -0.3 is 10.5 Å². The fourth-order valence-electron chi connectivity index (χ4n) is 3.51. The van der Waals surface area contributed by atoms with Crippen molar-refractivity contribution in [2.45, 2.75) is 63.5 Å². The van der Waals surface area contributed by atoms with E-state index in [9.17, 15) is 0 Å². The van der Waals surface area contributed by atoms with E-state index in [0.717, 1.165) is 25.7 Å². The molecule has 0 bridgehead atoms. The fraction of sp³-hybridized carbons (Fsp3) is 0.688. The Bertz CT molecular complexity index is 407. The number of ether oxygens (including phenoxy) is 1. The molecule has 106 valence electrons. The molecule has 0 spiro atoms. The van der Waals surface area contributed by atoms with Crippen LogP contribution in [0.15, 0.2) is 18.3 Å². The number of methoxy groups -OCH3 is 1. The molecule has 3 nitrogen and oxygen atoms in total. The Balaban J connectivity index is 2.32. The maximum atomic E-state index is 6.61. The maximum Gasteiger partial charge on any atom is 0.0830 e. The van der Waals surface area contributed by atoms with Crippen molar-refractivity contribution >= 4 is 0 Å². The van der Waals surface area contributed by atoms with Gasteiger partial charge in [-0.3, -0.25) is 4.98 Å². The van der Waals surface area contributed by atoms with Crippen LogP contribution in [-0.4, -0.2) is 23.7 Å². The molecule has 2 atom stereocenters. The summed E-state index contributed by atoms with van der Waals surface area (Å²) in [5, 5.41) is 0. The largest absolute Gasteiger partial charge is 0.377 e. The molecule has 2 unspecified atom stereocenters. The average molecular weight is 262 g/mol. The molecule has 0 aliphatic heterocycles. The maximum absolute atomic E-state index is 6.61. The summed E-state index contributed by atoms with van der Waals surface area (Å²) < 4.78 is 5.81. The second-order valence-electron chi connectivity index (χ2n) is 5.55. The number of nitrogens with two attached hydrogens (primary N) is 1. The first-order valence-corrected chi connectivity index (χ1v) is 7.43. The number of aryl methyl sites for hydroxylation is 1. The van der Waals surface area contributed by atoms with Crippen LogP contribution >= 0.6 is 0 Å². The predicted octanol–water partition coefficient (Wildman–Crippen LogP) is 3.03. The monoisotopic (exact) mass is 262 g/mol. The molecule has 1 aliphatic rings. The lowest BCUT2D eigenvalue weighted by Gasteiger charge is -2.42. The van der Waals surface area contributed by atoms with Crippen molar-refractivity contribution in [2.24, 2.45) is 5.73 Å². The van der Waals surface area contributed by atoms with Gasteiger partial charge in [0.25, 0.3) is 0 Å². The number of pyridine rings is 1. The summed E-state index contributed by atoms with van der Waals surface area (Å²) in [6, 6.07) is 4.23. The molecule has 2 N–H and O–H groups in total. The van der Waals surface area contributed by atoms with Gasteiger partial charge in [0.1, 0.15) is 0 Å². The Morgan fingerprint density at radius 3 is 2.84 bits per heavy atom. The van der Waals surface area contributed by atoms with Gasteiger partial charge in [-0.1, -0.05) is 19.9 Å². The third kappa shape index (κ3) is 2.54. The molecule has 3 heteroatoms. The number of aromatic nitrogens is 1. The van der Waals surface area contributed by atoms with Crippen LogP contribution in [-0.2, 0) is 11.2 Å². The highest BCUT2D eigenvalue weighted by atomic mass is 16.5. The standard InChI is InChI=1S/C16H26N2O/c1-4-16(5-2,19-3)15(17)13-10-6-8-12-9-7-11-18-14(12)13/h7,9,11,13,15H,4-6,8,10,17H2,1-3H3. The molecule has 2 rings (SSSR count). The van der Waals surface area contributed by atoms with Crippen LogP contribution in [0.2, 0.25) is 0 Å². The molecule has 1 aliphatic carbocycles. The smallest absolute Gasteiger partial charge is 0.0830 e. The van der Waals surface area contributed by atoms with Crippen molar-refractivity contribution < 1.29 is 4.74 Å². The minimum atomic E-state index is -0.225. The lowest BCUT2D eigenvalue weighted by molar-refractivity contribution is -0.0455. The van der Waals surface area contributed by atoms with Crippen LogP contribution < -0.4 is 5.73 Å². The zero-order valence-corrected chi connectivity index (χ0v) is 12.4. The molecule has 0 fully saturated rings. The van der Waals surface area contributed by atoms with Crippen molar-refractivity contribution in [3.05, 3.63) is 29.6 Å². The Kier molecular flexibility index (Phi) is 4.58. The second-order valence-corrected chi connectivity index (χ2v) is 5.55. The fourth-order valence-corrected chi connectivity index (χ4v) is 3.51. The van der Waals surface area contributed by atoms with E-state index in [1.54, 1.807) is 7.11 Å². The van der Waals surface area contributed by atoms with E-state index in [1.165, 1.54) is 17.7 Å². The minimum Gasteiger partial charge on any atom is -0.377 e. The zero-order chi connectivity index (χ0) is 13.9. The lowest BCUT2D eigenvalue weighted by Crippen LogP contribution is -2.52. The highest BCUT2D eigenvalue weighted by Crippen LogP contribution is 2.38. The van der Waals surface area contributed by atoms with E-state index >= 15 is 0 Å². The van der Waals surface area contributed by atoms with Crippen LogP contribution in [0, 0.1) is 0 Å². The highest BCUT2D eigenvalue weighted by molar-refractivity contribution is 5.28. The normalized spacial score (nSPS) is 20.9. The van der Waals surface area contributed by atoms with E-state index < -0.39 is 0 Å². The van der Waals surface area contributed by atoms with Gasteiger partial charge in [0.2, 0.25) is 0 Å². The van der Waals surface area contributed by atoms with Gasteiger partial charge in [0.15, 0.2) is 0 Å². The summed E-state index contributed by atoms with van der Waals surface area (Å²) in [5.41, 5.74) is 8.95. The number of nitrogens with zero attached hydrogens (tertiary/aromatic N) is 1. The topological polar surface area (TPSA) is 48.1 Å². The van der Waals surface area contributed by atoms with E-state index in [-0.39, 0.29) is 11.6 Å². The molecule has 0 saturated heterocycles. The summed E-state index contributed by atoms with van der Waals surface area (Å²) in [5.74, 6) is 0.324. The first-order valence-electron chi connectivity index (χ1n) is 7.43. The molecular formula is C16H26N2O. The summed E-state index contributed by atoms with van der Waals surface area (Å²) in [6.45, 7) is 4.32. The van der Waals surface area contributed by atoms with Gasteiger partial charge in [-0.25, -0.2) is 0 Å². The number of rotatable bonds is 5. The third-order valence-corrected chi connectivity index (χ3v) is 4.88. The molecular weight excluding hydrogens is 236 g/mol. The van der Waals surface area contributed by atoms with Crippen LogP contribution in [0.5, 0.6) is 0 Å². The van der Waals surface area contributed by atoms with Crippen molar-refractivity contribution in [1.82, 2.24) is 4.98 Å². The van der Waals surface area contributed by atoms with Crippen molar-refractivity contribution in [3.63, 3.8) is 0 Å². The van der Waals surface area contributed by atoms with Crippen LogP contribution in [0.3, 0.4) is 0 Å². The summed E-state index contributed by atoms with van der Waals surface area (Å²) in [6.07, 6.45) is 7.22.